The molecule has 1 saturated heterocycles. The predicted octanol–water partition coefficient (Wildman–Crippen LogP) is 2.30. The molecule has 0 saturated carbocycles. The number of nitrogens with one attached hydrogen (secondary N) is 1. The van der Waals surface area contributed by atoms with Gasteiger partial charge in [-0.05, 0) is 53.9 Å². The van der Waals surface area contributed by atoms with Crippen LogP contribution in [0.3, 0.4) is 0 Å². The minimum Gasteiger partial charge on any atom is -0.330 e. The molecule has 3 N–H and O–H groups in total. The Morgan fingerprint density at radius 2 is 2.24 bits per heavy atom. The molecular formula is C13H21BrCl2N4O. The van der Waals surface area contributed by atoms with Gasteiger partial charge >= 0.3 is 0 Å². The molecule has 1 aromatic heterocycles. The first-order valence-electron chi connectivity index (χ1n) is 6.44. The van der Waals surface area contributed by atoms with Crippen LogP contribution < -0.4 is 11.1 Å². The van der Waals surface area contributed by atoms with E-state index in [9.17, 15) is 4.79 Å². The molecule has 1 aliphatic rings. The molecule has 2 rings (SSSR count). The molecule has 120 valence electrons. The molecule has 2 atom stereocenters. The van der Waals surface area contributed by atoms with Crippen LogP contribution in [0.2, 0.25) is 0 Å². The molecular weight excluding hydrogens is 379 g/mol. The number of halogens is 3. The van der Waals surface area contributed by atoms with E-state index in [2.05, 4.69) is 38.1 Å². The Hall–Kier alpha value is -0.400. The number of carbonyl (C=O) groups is 1. The molecule has 8 heteroatoms. The van der Waals surface area contributed by atoms with Gasteiger partial charge in [-0.2, -0.15) is 0 Å². The van der Waals surface area contributed by atoms with Gasteiger partial charge in [0.05, 0.1) is 6.54 Å². The molecule has 0 aromatic carbocycles. The highest BCUT2D eigenvalue weighted by molar-refractivity contribution is 9.10. The molecule has 0 bridgehead atoms. The standard InChI is InChI=1S/C13H19BrN4O.2ClH/c1-9-4-10(5-15)7-18(9)8-13(19)17-12-3-2-11(14)6-16-12;;/h2-3,6,9-10H,4-5,7-8,15H2,1H3,(H,16,17,19);2*1H. The summed E-state index contributed by atoms with van der Waals surface area (Å²) in [6, 6.07) is 4.04. The van der Waals surface area contributed by atoms with Gasteiger partial charge in [0.1, 0.15) is 5.82 Å². The number of nitrogens with two attached hydrogens (primary N) is 1. The summed E-state index contributed by atoms with van der Waals surface area (Å²) < 4.78 is 0.893. The van der Waals surface area contributed by atoms with Crippen LogP contribution in [-0.2, 0) is 4.79 Å². The fourth-order valence-corrected chi connectivity index (χ4v) is 2.66. The van der Waals surface area contributed by atoms with Gasteiger partial charge in [0.15, 0.2) is 0 Å². The van der Waals surface area contributed by atoms with Gasteiger partial charge in [0, 0.05) is 23.3 Å². The van der Waals surface area contributed by atoms with E-state index in [0.717, 1.165) is 17.4 Å². The smallest absolute Gasteiger partial charge is 0.239 e. The number of hydrogen-bond donors (Lipinski definition) is 2. The molecule has 1 aromatic rings. The van der Waals surface area contributed by atoms with Crippen LogP contribution in [0.25, 0.3) is 0 Å². The van der Waals surface area contributed by atoms with E-state index in [1.54, 1.807) is 12.3 Å². The van der Waals surface area contributed by atoms with Crippen LogP contribution in [0, 0.1) is 5.92 Å². The second-order valence-electron chi connectivity index (χ2n) is 5.03. The third kappa shape index (κ3) is 6.08. The number of anilines is 1. The lowest BCUT2D eigenvalue weighted by Crippen LogP contribution is -2.36. The zero-order chi connectivity index (χ0) is 13.8. The number of carbonyl (C=O) groups excluding carboxylic acids is 1. The summed E-state index contributed by atoms with van der Waals surface area (Å²) in [7, 11) is 0. The van der Waals surface area contributed by atoms with E-state index in [1.807, 2.05) is 6.07 Å². The molecule has 0 aliphatic carbocycles. The SMILES string of the molecule is CC1CC(CN)CN1CC(=O)Nc1ccc(Br)cn1.Cl.Cl. The Labute approximate surface area is 146 Å². The quantitative estimate of drug-likeness (QED) is 0.814. The van der Waals surface area contributed by atoms with Gasteiger partial charge in [-0.15, -0.1) is 24.8 Å². The summed E-state index contributed by atoms with van der Waals surface area (Å²) in [5, 5.41) is 2.81. The van der Waals surface area contributed by atoms with Crippen molar-refractivity contribution in [1.29, 1.82) is 0 Å². The molecule has 1 amide bonds. The van der Waals surface area contributed by atoms with Crippen molar-refractivity contribution in [1.82, 2.24) is 9.88 Å². The molecule has 0 radical (unpaired) electrons. The number of likely N-dealkylation sites (tertiary alicyclic amines) is 1. The van der Waals surface area contributed by atoms with Crippen molar-refractivity contribution < 1.29 is 4.79 Å². The molecule has 2 unspecified atom stereocenters. The van der Waals surface area contributed by atoms with Crippen LogP contribution in [-0.4, -0.2) is 41.5 Å². The van der Waals surface area contributed by atoms with Crippen molar-refractivity contribution >= 4 is 52.5 Å². The van der Waals surface area contributed by atoms with Crippen LogP contribution in [0.4, 0.5) is 5.82 Å². The molecule has 0 spiro atoms. The van der Waals surface area contributed by atoms with Crippen LogP contribution in [0.15, 0.2) is 22.8 Å². The van der Waals surface area contributed by atoms with E-state index in [4.69, 9.17) is 5.73 Å². The van der Waals surface area contributed by atoms with E-state index < -0.39 is 0 Å². The van der Waals surface area contributed by atoms with Gasteiger partial charge in [-0.3, -0.25) is 9.69 Å². The van der Waals surface area contributed by atoms with Gasteiger partial charge in [-0.25, -0.2) is 4.98 Å². The number of amides is 1. The Morgan fingerprint density at radius 1 is 1.52 bits per heavy atom. The van der Waals surface area contributed by atoms with Crippen molar-refractivity contribution in [3.63, 3.8) is 0 Å². The monoisotopic (exact) mass is 398 g/mol. The Bertz CT molecular complexity index is 446. The lowest BCUT2D eigenvalue weighted by Gasteiger charge is -2.20. The van der Waals surface area contributed by atoms with Crippen molar-refractivity contribution in [2.75, 3.05) is 25.0 Å². The maximum atomic E-state index is 12.0. The van der Waals surface area contributed by atoms with E-state index >= 15 is 0 Å². The first kappa shape index (κ1) is 20.6. The Kier molecular flexibility index (Phi) is 9.40. The highest BCUT2D eigenvalue weighted by Gasteiger charge is 2.29. The molecule has 1 fully saturated rings. The van der Waals surface area contributed by atoms with Gasteiger partial charge in [-0.1, -0.05) is 0 Å². The van der Waals surface area contributed by atoms with Gasteiger partial charge < -0.3 is 11.1 Å². The third-order valence-electron chi connectivity index (χ3n) is 3.47. The number of hydrogen-bond acceptors (Lipinski definition) is 4. The van der Waals surface area contributed by atoms with Gasteiger partial charge in [0.25, 0.3) is 0 Å². The third-order valence-corrected chi connectivity index (χ3v) is 3.93. The minimum absolute atomic E-state index is 0. The van der Waals surface area contributed by atoms with Crippen molar-refractivity contribution in [2.24, 2.45) is 11.7 Å². The maximum absolute atomic E-state index is 12.0. The van der Waals surface area contributed by atoms with Crippen molar-refractivity contribution in [3.05, 3.63) is 22.8 Å². The summed E-state index contributed by atoms with van der Waals surface area (Å²) in [6.45, 7) is 4.13. The number of nitrogens with zero attached hydrogens (tertiary/aromatic N) is 2. The summed E-state index contributed by atoms with van der Waals surface area (Å²) >= 11 is 3.31. The van der Waals surface area contributed by atoms with Crippen LogP contribution >= 0.6 is 40.7 Å². The van der Waals surface area contributed by atoms with E-state index in [0.29, 0.717) is 30.9 Å². The fourth-order valence-electron chi connectivity index (χ4n) is 2.43. The summed E-state index contributed by atoms with van der Waals surface area (Å²) in [5.74, 6) is 1.06. The second-order valence-corrected chi connectivity index (χ2v) is 5.94. The summed E-state index contributed by atoms with van der Waals surface area (Å²) in [5.41, 5.74) is 5.69. The maximum Gasteiger partial charge on any atom is 0.239 e. The van der Waals surface area contributed by atoms with Crippen molar-refractivity contribution in [3.8, 4) is 0 Å². The van der Waals surface area contributed by atoms with Crippen LogP contribution in [0.5, 0.6) is 0 Å². The molecule has 2 heterocycles. The molecule has 21 heavy (non-hydrogen) atoms. The largest absolute Gasteiger partial charge is 0.330 e. The number of rotatable bonds is 4. The highest BCUT2D eigenvalue weighted by Crippen LogP contribution is 2.21. The Morgan fingerprint density at radius 3 is 2.76 bits per heavy atom. The molecule has 1 aliphatic heterocycles. The predicted molar refractivity (Wildman–Crippen MR) is 93.3 cm³/mol. The summed E-state index contributed by atoms with van der Waals surface area (Å²) in [4.78, 5) is 18.3. The Balaban J connectivity index is 0.00000200. The first-order chi connectivity index (χ1) is 9.08. The lowest BCUT2D eigenvalue weighted by atomic mass is 10.1. The van der Waals surface area contributed by atoms with E-state index in [1.165, 1.54) is 0 Å². The van der Waals surface area contributed by atoms with Gasteiger partial charge in [0.2, 0.25) is 5.91 Å². The lowest BCUT2D eigenvalue weighted by molar-refractivity contribution is -0.117. The zero-order valence-electron chi connectivity index (χ0n) is 11.8. The van der Waals surface area contributed by atoms with Crippen LogP contribution in [0.1, 0.15) is 13.3 Å². The number of pyridine rings is 1. The second kappa shape index (κ2) is 9.58. The fraction of sp³-hybridized carbons (Fsp3) is 0.538. The molecule has 5 nitrogen and oxygen atoms in total. The topological polar surface area (TPSA) is 71.2 Å². The van der Waals surface area contributed by atoms with Crippen molar-refractivity contribution in [2.45, 2.75) is 19.4 Å². The average Bonchev–Trinajstić information content (AvgIpc) is 2.73. The number of aromatic nitrogens is 1. The first-order valence-corrected chi connectivity index (χ1v) is 7.23. The zero-order valence-corrected chi connectivity index (χ0v) is 15.0. The van der Waals surface area contributed by atoms with E-state index in [-0.39, 0.29) is 30.7 Å². The average molecular weight is 400 g/mol. The highest BCUT2D eigenvalue weighted by atomic mass is 79.9. The summed E-state index contributed by atoms with van der Waals surface area (Å²) in [6.07, 6.45) is 2.73. The normalized spacial score (nSPS) is 21.3. The minimum atomic E-state index is -0.0284.